The molecule has 1 saturated carbocycles. The lowest BCUT2D eigenvalue weighted by atomic mass is 10.1. The van der Waals surface area contributed by atoms with E-state index in [4.69, 9.17) is 10.5 Å². The van der Waals surface area contributed by atoms with Crippen LogP contribution in [-0.2, 0) is 14.8 Å². The minimum atomic E-state index is -3.60. The van der Waals surface area contributed by atoms with E-state index in [1.165, 1.54) is 24.3 Å². The number of rotatable bonds is 8. The highest BCUT2D eigenvalue weighted by molar-refractivity contribution is 7.89. The highest BCUT2D eigenvalue weighted by atomic mass is 32.2. The van der Waals surface area contributed by atoms with E-state index in [0.717, 1.165) is 25.7 Å². The van der Waals surface area contributed by atoms with Crippen LogP contribution in [0.3, 0.4) is 0 Å². The molecule has 1 heterocycles. The van der Waals surface area contributed by atoms with Crippen molar-refractivity contribution in [2.24, 2.45) is 11.7 Å². The summed E-state index contributed by atoms with van der Waals surface area (Å²) < 4.78 is 32.6. The molecule has 1 aliphatic carbocycles. The Bertz CT molecular complexity index is 695. The molecule has 2 atom stereocenters. The quantitative estimate of drug-likeness (QED) is 0.623. The van der Waals surface area contributed by atoms with E-state index >= 15 is 0 Å². The van der Waals surface area contributed by atoms with Crippen molar-refractivity contribution in [2.75, 3.05) is 19.7 Å². The first-order valence-corrected chi connectivity index (χ1v) is 10.2. The molecule has 1 amide bonds. The Labute approximate surface area is 148 Å². The molecule has 7 nitrogen and oxygen atoms in total. The maximum Gasteiger partial charge on any atom is 0.251 e. The average Bonchev–Trinajstić information content (AvgIpc) is 3.32. The first-order valence-electron chi connectivity index (χ1n) is 8.72. The fourth-order valence-electron chi connectivity index (χ4n) is 3.00. The van der Waals surface area contributed by atoms with E-state index in [-0.39, 0.29) is 29.5 Å². The van der Waals surface area contributed by atoms with Gasteiger partial charge in [-0.3, -0.25) is 4.79 Å². The second kappa shape index (κ2) is 7.82. The first kappa shape index (κ1) is 18.3. The van der Waals surface area contributed by atoms with Crippen LogP contribution >= 0.6 is 0 Å². The third kappa shape index (κ3) is 4.78. The van der Waals surface area contributed by atoms with E-state index in [0.29, 0.717) is 24.6 Å². The molecule has 138 valence electrons. The van der Waals surface area contributed by atoms with Crippen molar-refractivity contribution in [1.29, 1.82) is 0 Å². The van der Waals surface area contributed by atoms with Gasteiger partial charge in [0.15, 0.2) is 0 Å². The molecular formula is C17H25N3O4S. The lowest BCUT2D eigenvalue weighted by Crippen LogP contribution is -2.41. The number of sulfonamides is 1. The Morgan fingerprint density at radius 3 is 2.52 bits per heavy atom. The van der Waals surface area contributed by atoms with E-state index in [1.807, 2.05) is 0 Å². The zero-order chi connectivity index (χ0) is 17.9. The van der Waals surface area contributed by atoms with Gasteiger partial charge in [-0.2, -0.15) is 0 Å². The highest BCUT2D eigenvalue weighted by Crippen LogP contribution is 2.32. The zero-order valence-corrected chi connectivity index (χ0v) is 14.9. The summed E-state index contributed by atoms with van der Waals surface area (Å²) in [4.78, 5) is 12.4. The topological polar surface area (TPSA) is 111 Å². The maximum atomic E-state index is 12.3. The van der Waals surface area contributed by atoms with Gasteiger partial charge >= 0.3 is 0 Å². The molecule has 2 aliphatic rings. The van der Waals surface area contributed by atoms with Crippen molar-refractivity contribution in [1.82, 2.24) is 10.0 Å². The molecule has 0 aromatic heterocycles. The minimum Gasteiger partial charge on any atom is -0.377 e. The van der Waals surface area contributed by atoms with Gasteiger partial charge in [0, 0.05) is 31.3 Å². The summed E-state index contributed by atoms with van der Waals surface area (Å²) in [5.41, 5.74) is 6.12. The summed E-state index contributed by atoms with van der Waals surface area (Å²) in [5.74, 6) is 0.245. The molecule has 8 heteroatoms. The predicted molar refractivity (Wildman–Crippen MR) is 93.6 cm³/mol. The molecule has 25 heavy (non-hydrogen) atoms. The third-order valence-electron chi connectivity index (χ3n) is 4.71. The Morgan fingerprint density at radius 2 is 1.96 bits per heavy atom. The Kier molecular flexibility index (Phi) is 5.73. The van der Waals surface area contributed by atoms with Crippen LogP contribution < -0.4 is 15.8 Å². The van der Waals surface area contributed by atoms with Crippen molar-refractivity contribution in [2.45, 2.75) is 42.7 Å². The van der Waals surface area contributed by atoms with Gasteiger partial charge in [-0.15, -0.1) is 0 Å². The zero-order valence-electron chi connectivity index (χ0n) is 14.1. The van der Waals surface area contributed by atoms with E-state index in [9.17, 15) is 13.2 Å². The molecule has 4 N–H and O–H groups in total. The Morgan fingerprint density at radius 1 is 1.24 bits per heavy atom. The predicted octanol–water partition coefficient (Wildman–Crippen LogP) is 0.611. The fourth-order valence-corrected chi connectivity index (χ4v) is 4.06. The molecule has 2 fully saturated rings. The lowest BCUT2D eigenvalue weighted by molar-refractivity contribution is 0.0933. The van der Waals surface area contributed by atoms with Crippen LogP contribution in [-0.4, -0.2) is 46.2 Å². The monoisotopic (exact) mass is 367 g/mol. The van der Waals surface area contributed by atoms with Gasteiger partial charge in [-0.05, 0) is 55.9 Å². The lowest BCUT2D eigenvalue weighted by Gasteiger charge is -2.16. The molecule has 2 unspecified atom stereocenters. The summed E-state index contributed by atoms with van der Waals surface area (Å²) >= 11 is 0. The summed E-state index contributed by atoms with van der Waals surface area (Å²) in [6, 6.07) is 5.93. The number of hydrogen-bond donors (Lipinski definition) is 3. The number of hydrogen-bond acceptors (Lipinski definition) is 5. The number of carbonyl (C=O) groups excluding carboxylic acids is 1. The van der Waals surface area contributed by atoms with E-state index in [1.54, 1.807) is 0 Å². The van der Waals surface area contributed by atoms with Crippen LogP contribution in [0.25, 0.3) is 0 Å². The minimum absolute atomic E-state index is 0.0102. The number of carbonyl (C=O) groups is 1. The molecule has 3 rings (SSSR count). The van der Waals surface area contributed by atoms with Gasteiger partial charge in [0.05, 0.1) is 11.0 Å². The molecule has 0 bridgehead atoms. The second-order valence-corrected chi connectivity index (χ2v) is 8.43. The van der Waals surface area contributed by atoms with Gasteiger partial charge in [-0.1, -0.05) is 0 Å². The van der Waals surface area contributed by atoms with Crippen LogP contribution in [0.4, 0.5) is 0 Å². The van der Waals surface area contributed by atoms with Crippen LogP contribution in [0.5, 0.6) is 0 Å². The molecule has 1 aliphatic heterocycles. The van der Waals surface area contributed by atoms with Crippen molar-refractivity contribution >= 4 is 15.9 Å². The van der Waals surface area contributed by atoms with E-state index < -0.39 is 10.0 Å². The van der Waals surface area contributed by atoms with Crippen molar-refractivity contribution < 1.29 is 17.9 Å². The third-order valence-corrected chi connectivity index (χ3v) is 6.15. The van der Waals surface area contributed by atoms with Crippen molar-refractivity contribution in [3.63, 3.8) is 0 Å². The van der Waals surface area contributed by atoms with E-state index in [2.05, 4.69) is 10.0 Å². The molecular weight excluding hydrogens is 342 g/mol. The van der Waals surface area contributed by atoms with Gasteiger partial charge in [-0.25, -0.2) is 13.1 Å². The summed E-state index contributed by atoms with van der Waals surface area (Å²) in [5, 5.41) is 2.92. The molecule has 0 spiro atoms. The molecule has 1 saturated heterocycles. The average molecular weight is 367 g/mol. The van der Waals surface area contributed by atoms with Gasteiger partial charge in [0.1, 0.15) is 0 Å². The SMILES string of the molecule is NCC(NC(=O)c1ccc(S(=O)(=O)NCC2CCCO2)cc1)C1CC1. The molecule has 1 aromatic rings. The van der Waals surface area contributed by atoms with Crippen molar-refractivity contribution in [3.8, 4) is 0 Å². The largest absolute Gasteiger partial charge is 0.377 e. The number of nitrogens with two attached hydrogens (primary N) is 1. The fraction of sp³-hybridized carbons (Fsp3) is 0.588. The Hall–Kier alpha value is -1.48. The van der Waals surface area contributed by atoms with Crippen molar-refractivity contribution in [3.05, 3.63) is 29.8 Å². The number of ether oxygens (including phenoxy) is 1. The normalized spacial score (nSPS) is 21.9. The van der Waals surface area contributed by atoms with Crippen LogP contribution in [0, 0.1) is 5.92 Å². The molecule has 0 radical (unpaired) electrons. The smallest absolute Gasteiger partial charge is 0.251 e. The van der Waals surface area contributed by atoms with Gasteiger partial charge < -0.3 is 15.8 Å². The maximum absolute atomic E-state index is 12.3. The Balaban J connectivity index is 1.59. The summed E-state index contributed by atoms with van der Waals surface area (Å²) in [6.07, 6.45) is 3.95. The second-order valence-electron chi connectivity index (χ2n) is 6.66. The number of benzene rings is 1. The summed E-state index contributed by atoms with van der Waals surface area (Å²) in [6.45, 7) is 1.36. The van der Waals surface area contributed by atoms with Crippen LogP contribution in [0.1, 0.15) is 36.0 Å². The number of amides is 1. The molecule has 1 aromatic carbocycles. The van der Waals surface area contributed by atoms with Gasteiger partial charge in [0.2, 0.25) is 10.0 Å². The first-order chi connectivity index (χ1) is 12.0. The van der Waals surface area contributed by atoms with Gasteiger partial charge in [0.25, 0.3) is 5.91 Å². The number of nitrogens with one attached hydrogen (secondary N) is 2. The standard InChI is InChI=1S/C17H25N3O4S/c18-10-16(12-3-4-12)20-17(21)13-5-7-15(8-6-13)25(22,23)19-11-14-2-1-9-24-14/h5-8,12,14,16,19H,1-4,9-11,18H2,(H,20,21). The van der Waals surface area contributed by atoms with Crippen LogP contribution in [0.2, 0.25) is 0 Å². The highest BCUT2D eigenvalue weighted by Gasteiger charge is 2.31. The summed E-state index contributed by atoms with van der Waals surface area (Å²) in [7, 11) is -3.60. The van der Waals surface area contributed by atoms with Crippen LogP contribution in [0.15, 0.2) is 29.2 Å².